The van der Waals surface area contributed by atoms with E-state index in [0.717, 1.165) is 23.6 Å². The molecule has 0 aliphatic heterocycles. The number of primary amides is 1. The van der Waals surface area contributed by atoms with Gasteiger partial charge in [-0.1, -0.05) is 6.42 Å². The minimum Gasteiger partial charge on any atom is -0.507 e. The van der Waals surface area contributed by atoms with Gasteiger partial charge in [-0.3, -0.25) is 28.9 Å². The van der Waals surface area contributed by atoms with Gasteiger partial charge in [0.2, 0.25) is 5.91 Å². The lowest BCUT2D eigenvalue weighted by Crippen LogP contribution is -2.74. The van der Waals surface area contributed by atoms with E-state index in [1.807, 2.05) is 19.0 Å². The van der Waals surface area contributed by atoms with Gasteiger partial charge in [-0.05, 0) is 81.1 Å². The molecule has 0 saturated heterocycles. The molecule has 1 aromatic carbocycles. The number of fused-ring (bicyclic) bond motifs is 5. The lowest BCUT2D eigenvalue weighted by Gasteiger charge is -2.52. The fraction of sp³-hybridized carbons (Fsp3) is 0.645. The largest absolute Gasteiger partial charge is 0.507 e. The maximum Gasteiger partial charge on any atom is 0.235 e. The van der Waals surface area contributed by atoms with Crippen LogP contribution in [0.3, 0.4) is 0 Å². The summed E-state index contributed by atoms with van der Waals surface area (Å²) in [5.74, 6) is -8.86. The summed E-state index contributed by atoms with van der Waals surface area (Å²) >= 11 is 0. The van der Waals surface area contributed by atoms with Crippen molar-refractivity contribution < 1.29 is 34.2 Å². The zero-order valence-electron chi connectivity index (χ0n) is 24.6. The number of anilines is 1. The number of amides is 1. The zero-order chi connectivity index (χ0) is 30.4. The summed E-state index contributed by atoms with van der Waals surface area (Å²) in [6.07, 6.45) is 5.21. The second kappa shape index (κ2) is 9.96. The van der Waals surface area contributed by atoms with E-state index in [1.54, 1.807) is 20.2 Å². The number of phenolic OH excluding ortho intramolecular Hbond substituents is 1. The van der Waals surface area contributed by atoms with Crippen LogP contribution in [0.25, 0.3) is 0 Å². The fourth-order valence-corrected chi connectivity index (χ4v) is 9.16. The number of carbonyl (C=O) groups is 5. The van der Waals surface area contributed by atoms with Gasteiger partial charge in [0.05, 0.1) is 17.5 Å². The molecule has 1 aromatic rings. The van der Waals surface area contributed by atoms with Crippen LogP contribution >= 0.6 is 0 Å². The monoisotopic (exact) mass is 580 g/mol. The number of benzene rings is 1. The van der Waals surface area contributed by atoms with E-state index in [1.165, 1.54) is 24.2 Å². The molecule has 9 atom stereocenters. The van der Waals surface area contributed by atoms with E-state index in [4.69, 9.17) is 5.73 Å². The van der Waals surface area contributed by atoms with E-state index in [9.17, 15) is 34.2 Å². The quantitative estimate of drug-likeness (QED) is 0.341. The smallest absolute Gasteiger partial charge is 0.235 e. The second-order valence-corrected chi connectivity index (χ2v) is 13.6. The number of aromatic hydroxyl groups is 1. The average molecular weight is 581 g/mol. The summed E-state index contributed by atoms with van der Waals surface area (Å²) in [6.45, 7) is 0.520. The normalized spacial score (nSPS) is 37.1. The fourth-order valence-electron chi connectivity index (χ4n) is 9.16. The Morgan fingerprint density at radius 1 is 1.05 bits per heavy atom. The molecule has 0 aromatic heterocycles. The summed E-state index contributed by atoms with van der Waals surface area (Å²) in [4.78, 5) is 70.4. The Kier molecular flexibility index (Phi) is 6.86. The van der Waals surface area contributed by atoms with Crippen LogP contribution in [0.15, 0.2) is 6.07 Å². The van der Waals surface area contributed by atoms with Crippen LogP contribution in [0.1, 0.15) is 53.6 Å². The number of hydrogen-bond donors (Lipinski definition) is 4. The molecule has 4 saturated carbocycles. The predicted octanol–water partition coefficient (Wildman–Crippen LogP) is 0.211. The molecule has 0 heterocycles. The van der Waals surface area contributed by atoms with E-state index in [2.05, 4.69) is 5.32 Å². The number of carbonyl (C=O) groups excluding carboxylic acids is 5. The molecule has 2 bridgehead atoms. The van der Waals surface area contributed by atoms with Gasteiger partial charge in [0.25, 0.3) is 0 Å². The summed E-state index contributed by atoms with van der Waals surface area (Å²) in [5, 5.41) is 26.6. The molecule has 6 rings (SSSR count). The van der Waals surface area contributed by atoms with Crippen molar-refractivity contribution in [2.24, 2.45) is 41.2 Å². The molecule has 4 unspecified atom stereocenters. The first-order valence-corrected chi connectivity index (χ1v) is 14.9. The minimum absolute atomic E-state index is 0.0222. The number of nitrogens with one attached hydrogen (secondary N) is 1. The van der Waals surface area contributed by atoms with E-state index in [-0.39, 0.29) is 24.2 Å². The Labute approximate surface area is 244 Å². The number of rotatable bonds is 6. The Balaban J connectivity index is 1.39. The molecule has 226 valence electrons. The summed E-state index contributed by atoms with van der Waals surface area (Å²) in [6, 6.07) is 0.878. The molecule has 5 aliphatic carbocycles. The highest BCUT2D eigenvalue weighted by Gasteiger charge is 2.69. The van der Waals surface area contributed by atoms with Crippen molar-refractivity contribution in [3.05, 3.63) is 22.8 Å². The molecule has 5 aliphatic rings. The van der Waals surface area contributed by atoms with Gasteiger partial charge in [0.1, 0.15) is 5.75 Å². The third-order valence-electron chi connectivity index (χ3n) is 10.9. The van der Waals surface area contributed by atoms with Crippen molar-refractivity contribution in [2.75, 3.05) is 33.1 Å². The van der Waals surface area contributed by atoms with Crippen molar-refractivity contribution in [2.45, 2.75) is 62.8 Å². The highest BCUT2D eigenvalue weighted by molar-refractivity contribution is 6.32. The third-order valence-corrected chi connectivity index (χ3v) is 10.9. The number of nitrogens with two attached hydrogens (primary N) is 1. The van der Waals surface area contributed by atoms with Crippen molar-refractivity contribution in [3.8, 4) is 5.75 Å². The van der Waals surface area contributed by atoms with Crippen molar-refractivity contribution in [1.29, 1.82) is 0 Å². The molecule has 5 N–H and O–H groups in total. The van der Waals surface area contributed by atoms with Crippen LogP contribution in [0.4, 0.5) is 5.69 Å². The van der Waals surface area contributed by atoms with Gasteiger partial charge in [0, 0.05) is 38.3 Å². The number of likely N-dealkylation sites (N-methyl/N-ethyl adjacent to an activating group) is 1. The van der Waals surface area contributed by atoms with E-state index < -0.39 is 64.4 Å². The Morgan fingerprint density at radius 3 is 2.33 bits per heavy atom. The van der Waals surface area contributed by atoms with Gasteiger partial charge >= 0.3 is 0 Å². The van der Waals surface area contributed by atoms with Gasteiger partial charge < -0.3 is 26.2 Å². The molecule has 0 spiro atoms. The first-order valence-electron chi connectivity index (χ1n) is 14.9. The first-order chi connectivity index (χ1) is 19.8. The molecule has 42 heavy (non-hydrogen) atoms. The molecule has 11 nitrogen and oxygen atoms in total. The zero-order valence-corrected chi connectivity index (χ0v) is 24.6. The number of phenols is 1. The van der Waals surface area contributed by atoms with Crippen molar-refractivity contribution in [1.82, 2.24) is 10.2 Å². The SMILES string of the molecule is CN(C)c1c(CN[C@@H]2CC3CCC2C3)cc(O)c2c1C[C@H]1C[C@H]3[C@H](N(C)C)C(=O)C(C(N)=O)C(=O)[C@@]3(O)C(=O)C1C2=O. The van der Waals surface area contributed by atoms with E-state index in [0.29, 0.717) is 24.1 Å². The average Bonchev–Trinajstić information content (AvgIpc) is 3.52. The Morgan fingerprint density at radius 2 is 1.76 bits per heavy atom. The molecular formula is C31H40N4O7. The summed E-state index contributed by atoms with van der Waals surface area (Å²) in [7, 11) is 6.90. The van der Waals surface area contributed by atoms with Gasteiger partial charge in [0.15, 0.2) is 34.7 Å². The lowest BCUT2D eigenvalue weighted by atomic mass is 9.52. The van der Waals surface area contributed by atoms with E-state index >= 15 is 0 Å². The number of ketones is 4. The highest BCUT2D eigenvalue weighted by Crippen LogP contribution is 2.52. The maximum atomic E-state index is 14.0. The molecule has 0 radical (unpaired) electrons. The van der Waals surface area contributed by atoms with Gasteiger partial charge in [-0.25, -0.2) is 0 Å². The second-order valence-electron chi connectivity index (χ2n) is 13.6. The number of nitrogens with zero attached hydrogens (tertiary/aromatic N) is 2. The van der Waals surface area contributed by atoms with Gasteiger partial charge in [-0.2, -0.15) is 0 Å². The molecule has 4 fully saturated rings. The summed E-state index contributed by atoms with van der Waals surface area (Å²) in [5.41, 5.74) is 4.96. The van der Waals surface area contributed by atoms with Crippen LogP contribution in [0.5, 0.6) is 5.75 Å². The highest BCUT2D eigenvalue weighted by atomic mass is 16.3. The van der Waals surface area contributed by atoms with Crippen LogP contribution in [0.2, 0.25) is 0 Å². The first kappa shape index (κ1) is 28.9. The molecule has 11 heteroatoms. The Bertz CT molecular complexity index is 1410. The summed E-state index contributed by atoms with van der Waals surface area (Å²) < 4.78 is 0. The van der Waals surface area contributed by atoms with Gasteiger partial charge in [-0.15, -0.1) is 0 Å². The van der Waals surface area contributed by atoms with Crippen LogP contribution in [-0.4, -0.2) is 90.0 Å². The lowest BCUT2D eigenvalue weighted by molar-refractivity contribution is -0.181. The molecule has 1 amide bonds. The standard InChI is InChI=1S/C31H40N4O7/c1-34(2)24-16(12-33-19-8-13-5-6-14(19)7-13)11-20(36)22-17(24)9-15-10-18-25(35(3)4)27(38)23(30(32)41)29(40)31(18,42)28(39)21(15)26(22)37/h11,13-15,18-19,21,23,25,33,36,42H,5-10,12H2,1-4H3,(H2,32,41)/t13?,14?,15-,18-,19+,21?,23?,25-,31-/m0/s1. The minimum atomic E-state index is -2.72. The molecular weight excluding hydrogens is 540 g/mol. The van der Waals surface area contributed by atoms with Crippen molar-refractivity contribution in [3.63, 3.8) is 0 Å². The topological polar surface area (TPSA) is 170 Å². The number of aliphatic hydroxyl groups is 1. The predicted molar refractivity (Wildman–Crippen MR) is 152 cm³/mol. The number of hydrogen-bond acceptors (Lipinski definition) is 10. The van der Waals surface area contributed by atoms with Crippen LogP contribution in [0, 0.1) is 35.5 Å². The van der Waals surface area contributed by atoms with Crippen molar-refractivity contribution >= 4 is 34.7 Å². The van der Waals surface area contributed by atoms with Crippen LogP contribution in [-0.2, 0) is 32.1 Å². The maximum absolute atomic E-state index is 14.0. The Hall–Kier alpha value is -3.15. The third kappa shape index (κ3) is 4.00. The van der Waals surface area contributed by atoms with Crippen LogP contribution < -0.4 is 16.0 Å². The number of Topliss-reactive ketones (excluding diaryl/α,β-unsaturated/α-hetero) is 4.